The summed E-state index contributed by atoms with van der Waals surface area (Å²) in [5.41, 5.74) is 7.76. The highest BCUT2D eigenvalue weighted by Gasteiger charge is 2.22. The van der Waals surface area contributed by atoms with Crippen LogP contribution in [0.15, 0.2) is 18.2 Å². The van der Waals surface area contributed by atoms with Crippen molar-refractivity contribution in [3.63, 3.8) is 0 Å². The smallest absolute Gasteiger partial charge is 0.101 e. The van der Waals surface area contributed by atoms with Crippen molar-refractivity contribution in [2.45, 2.75) is 25.8 Å². The van der Waals surface area contributed by atoms with Gasteiger partial charge in [0, 0.05) is 24.0 Å². The van der Waals surface area contributed by atoms with Gasteiger partial charge < -0.3 is 11.1 Å². The summed E-state index contributed by atoms with van der Waals surface area (Å²) >= 11 is 0. The van der Waals surface area contributed by atoms with Crippen molar-refractivity contribution in [1.29, 1.82) is 5.26 Å². The van der Waals surface area contributed by atoms with Crippen LogP contribution in [0.3, 0.4) is 0 Å². The quantitative estimate of drug-likeness (QED) is 0.795. The fourth-order valence-electron chi connectivity index (χ4n) is 2.54. The van der Waals surface area contributed by atoms with Crippen molar-refractivity contribution in [2.75, 3.05) is 30.7 Å². The summed E-state index contributed by atoms with van der Waals surface area (Å²) < 4.78 is 0. The molecule has 4 nitrogen and oxygen atoms in total. The van der Waals surface area contributed by atoms with Crippen LogP contribution in [0.5, 0.6) is 0 Å². The standard InChI is InChI=1S/C14H20N4/c1-2-18-7-3-4-13(18)10-17-12-5-6-14(16)11(8-12)9-15/h5-6,8,13,17H,2-4,7,10,16H2,1H3. The summed E-state index contributed by atoms with van der Waals surface area (Å²) in [5, 5.41) is 12.3. The highest BCUT2D eigenvalue weighted by Crippen LogP contribution is 2.20. The number of hydrogen-bond acceptors (Lipinski definition) is 4. The lowest BCUT2D eigenvalue weighted by atomic mass is 10.1. The normalized spacial score (nSPS) is 19.7. The van der Waals surface area contributed by atoms with Gasteiger partial charge in [0.2, 0.25) is 0 Å². The number of nitriles is 1. The van der Waals surface area contributed by atoms with Crippen molar-refractivity contribution in [1.82, 2.24) is 4.90 Å². The molecule has 0 bridgehead atoms. The van der Waals surface area contributed by atoms with E-state index < -0.39 is 0 Å². The van der Waals surface area contributed by atoms with E-state index in [0.29, 0.717) is 17.3 Å². The van der Waals surface area contributed by atoms with Gasteiger partial charge in [-0.2, -0.15) is 5.26 Å². The maximum absolute atomic E-state index is 8.94. The Morgan fingerprint density at radius 2 is 2.39 bits per heavy atom. The Morgan fingerprint density at radius 1 is 1.56 bits per heavy atom. The molecule has 0 amide bonds. The molecule has 1 fully saturated rings. The number of rotatable bonds is 4. The molecule has 2 rings (SSSR count). The lowest BCUT2D eigenvalue weighted by Crippen LogP contribution is -2.34. The third kappa shape index (κ3) is 2.74. The second-order valence-corrected chi connectivity index (χ2v) is 4.72. The minimum absolute atomic E-state index is 0.541. The fourth-order valence-corrected chi connectivity index (χ4v) is 2.54. The minimum Gasteiger partial charge on any atom is -0.398 e. The van der Waals surface area contributed by atoms with Crippen LogP contribution < -0.4 is 11.1 Å². The van der Waals surface area contributed by atoms with Crippen LogP contribution in [0, 0.1) is 11.3 Å². The van der Waals surface area contributed by atoms with Crippen molar-refractivity contribution in [2.24, 2.45) is 0 Å². The number of nitrogens with one attached hydrogen (secondary N) is 1. The predicted molar refractivity (Wildman–Crippen MR) is 74.3 cm³/mol. The van der Waals surface area contributed by atoms with Gasteiger partial charge in [0.05, 0.1) is 5.56 Å². The van der Waals surface area contributed by atoms with E-state index in [1.807, 2.05) is 12.1 Å². The first-order valence-corrected chi connectivity index (χ1v) is 6.52. The zero-order valence-corrected chi connectivity index (χ0v) is 10.8. The van der Waals surface area contributed by atoms with Crippen molar-refractivity contribution >= 4 is 11.4 Å². The molecule has 1 heterocycles. The Kier molecular flexibility index (Phi) is 4.06. The Balaban J connectivity index is 1.96. The van der Waals surface area contributed by atoms with E-state index in [4.69, 9.17) is 11.0 Å². The molecular formula is C14H20N4. The summed E-state index contributed by atoms with van der Waals surface area (Å²) in [6.45, 7) is 5.45. The molecule has 1 aliphatic rings. The number of anilines is 2. The van der Waals surface area contributed by atoms with E-state index in [1.165, 1.54) is 19.4 Å². The Bertz CT molecular complexity index is 450. The molecule has 0 saturated carbocycles. The number of nitrogen functional groups attached to an aromatic ring is 1. The molecule has 1 aromatic rings. The molecule has 1 aromatic carbocycles. The van der Waals surface area contributed by atoms with E-state index in [0.717, 1.165) is 18.8 Å². The van der Waals surface area contributed by atoms with Crippen LogP contribution in [0.1, 0.15) is 25.3 Å². The van der Waals surface area contributed by atoms with Gasteiger partial charge in [0.25, 0.3) is 0 Å². The molecule has 18 heavy (non-hydrogen) atoms. The van der Waals surface area contributed by atoms with Gasteiger partial charge in [-0.3, -0.25) is 4.90 Å². The summed E-state index contributed by atoms with van der Waals surface area (Å²) in [6, 6.07) is 8.25. The summed E-state index contributed by atoms with van der Waals surface area (Å²) in [5.74, 6) is 0. The maximum atomic E-state index is 8.94. The van der Waals surface area contributed by atoms with E-state index in [1.54, 1.807) is 6.07 Å². The largest absolute Gasteiger partial charge is 0.398 e. The third-order valence-electron chi connectivity index (χ3n) is 3.62. The van der Waals surface area contributed by atoms with Gasteiger partial charge in [-0.05, 0) is 44.1 Å². The van der Waals surface area contributed by atoms with Crippen LogP contribution in [0.2, 0.25) is 0 Å². The second-order valence-electron chi connectivity index (χ2n) is 4.72. The molecule has 0 spiro atoms. The Hall–Kier alpha value is -1.73. The molecule has 1 atom stereocenters. The van der Waals surface area contributed by atoms with E-state index in [-0.39, 0.29) is 0 Å². The van der Waals surface area contributed by atoms with E-state index in [2.05, 4.69) is 23.2 Å². The number of benzene rings is 1. The highest BCUT2D eigenvalue weighted by atomic mass is 15.2. The number of likely N-dealkylation sites (tertiary alicyclic amines) is 1. The second kappa shape index (κ2) is 5.74. The first-order chi connectivity index (χ1) is 8.74. The maximum Gasteiger partial charge on any atom is 0.101 e. The molecule has 1 aliphatic heterocycles. The van der Waals surface area contributed by atoms with Crippen LogP contribution in [-0.4, -0.2) is 30.6 Å². The Morgan fingerprint density at radius 3 is 3.11 bits per heavy atom. The van der Waals surface area contributed by atoms with E-state index in [9.17, 15) is 0 Å². The summed E-state index contributed by atoms with van der Waals surface area (Å²) in [6.07, 6.45) is 2.53. The molecule has 0 aromatic heterocycles. The van der Waals surface area contributed by atoms with Crippen molar-refractivity contribution in [3.8, 4) is 6.07 Å². The Labute approximate surface area is 108 Å². The topological polar surface area (TPSA) is 65.1 Å². The van der Waals surface area contributed by atoms with Gasteiger partial charge in [-0.25, -0.2) is 0 Å². The van der Waals surface area contributed by atoms with Gasteiger partial charge in [-0.15, -0.1) is 0 Å². The monoisotopic (exact) mass is 244 g/mol. The molecular weight excluding hydrogens is 224 g/mol. The lowest BCUT2D eigenvalue weighted by molar-refractivity contribution is 0.277. The van der Waals surface area contributed by atoms with Crippen LogP contribution in [0.4, 0.5) is 11.4 Å². The minimum atomic E-state index is 0.541. The van der Waals surface area contributed by atoms with Crippen molar-refractivity contribution in [3.05, 3.63) is 23.8 Å². The van der Waals surface area contributed by atoms with Crippen LogP contribution in [0.25, 0.3) is 0 Å². The first kappa shape index (κ1) is 12.7. The zero-order valence-electron chi connectivity index (χ0n) is 10.8. The molecule has 3 N–H and O–H groups in total. The molecule has 1 unspecified atom stereocenters. The highest BCUT2D eigenvalue weighted by molar-refractivity contribution is 5.61. The fraction of sp³-hybridized carbons (Fsp3) is 0.500. The van der Waals surface area contributed by atoms with Gasteiger partial charge >= 0.3 is 0 Å². The average Bonchev–Trinajstić information content (AvgIpc) is 2.85. The molecule has 96 valence electrons. The first-order valence-electron chi connectivity index (χ1n) is 6.52. The van der Waals surface area contributed by atoms with Gasteiger partial charge in [-0.1, -0.05) is 6.92 Å². The van der Waals surface area contributed by atoms with Gasteiger partial charge in [0.1, 0.15) is 6.07 Å². The van der Waals surface area contributed by atoms with Crippen LogP contribution in [-0.2, 0) is 0 Å². The molecule has 1 saturated heterocycles. The molecule has 0 aliphatic carbocycles. The van der Waals surface area contributed by atoms with Gasteiger partial charge in [0.15, 0.2) is 0 Å². The third-order valence-corrected chi connectivity index (χ3v) is 3.62. The molecule has 0 radical (unpaired) electrons. The SMILES string of the molecule is CCN1CCCC1CNc1ccc(N)c(C#N)c1. The lowest BCUT2D eigenvalue weighted by Gasteiger charge is -2.23. The summed E-state index contributed by atoms with van der Waals surface area (Å²) in [4.78, 5) is 2.50. The predicted octanol–water partition coefficient (Wildman–Crippen LogP) is 2.04. The molecule has 4 heteroatoms. The number of likely N-dealkylation sites (N-methyl/N-ethyl adjacent to an activating group) is 1. The zero-order chi connectivity index (χ0) is 13.0. The van der Waals surface area contributed by atoms with Crippen LogP contribution >= 0.6 is 0 Å². The number of hydrogen-bond donors (Lipinski definition) is 2. The summed E-state index contributed by atoms with van der Waals surface area (Å²) in [7, 11) is 0. The number of nitrogens with zero attached hydrogens (tertiary/aromatic N) is 2. The number of nitrogens with two attached hydrogens (primary N) is 1. The van der Waals surface area contributed by atoms with Crippen molar-refractivity contribution < 1.29 is 0 Å². The van der Waals surface area contributed by atoms with E-state index >= 15 is 0 Å². The average molecular weight is 244 g/mol.